The van der Waals surface area contributed by atoms with Gasteiger partial charge in [-0.05, 0) is 0 Å². The predicted octanol–water partition coefficient (Wildman–Crippen LogP) is -2.13. The zero-order valence-electron chi connectivity index (χ0n) is 7.41. The smallest absolute Gasteiger partial charge is 0.417 e. The summed E-state index contributed by atoms with van der Waals surface area (Å²) in [6.07, 6.45) is -1.32. The number of rotatable bonds is 5. The number of nitrogens with zero attached hydrogens (tertiary/aromatic N) is 1. The summed E-state index contributed by atoms with van der Waals surface area (Å²) in [5, 5.41) is 36.1. The molecule has 0 heterocycles. The lowest BCUT2D eigenvalue weighted by Gasteiger charge is -2.14. The maximum absolute atomic E-state index is 10.8. The number of ether oxygens (including phenoxy) is 1. The fourth-order valence-electron chi connectivity index (χ4n) is 0.436. The Hall–Kier alpha value is -1.25. The highest BCUT2D eigenvalue weighted by atomic mass is 16.7. The predicted molar refractivity (Wildman–Crippen MR) is 41.7 cm³/mol. The summed E-state index contributed by atoms with van der Waals surface area (Å²) >= 11 is 0. The first-order chi connectivity index (χ1) is 6.32. The average Bonchev–Trinajstić information content (AvgIpc) is 2.12. The number of aliphatic hydroxyl groups excluding tert-OH is 2. The van der Waals surface area contributed by atoms with Gasteiger partial charge in [-0.3, -0.25) is 10.1 Å². The van der Waals surface area contributed by atoms with Gasteiger partial charge >= 0.3 is 11.7 Å². The van der Waals surface area contributed by atoms with Crippen LogP contribution in [-0.4, -0.2) is 51.3 Å². The van der Waals surface area contributed by atoms with Gasteiger partial charge in [0.05, 0.1) is 11.5 Å². The Morgan fingerprint density at radius 2 is 2.21 bits per heavy atom. The van der Waals surface area contributed by atoms with Gasteiger partial charge < -0.3 is 20.1 Å². The van der Waals surface area contributed by atoms with Crippen molar-refractivity contribution in [2.75, 3.05) is 13.2 Å². The molecule has 8 nitrogen and oxygen atoms in total. The summed E-state index contributed by atoms with van der Waals surface area (Å²) in [6.45, 7) is -0.603. The largest absolute Gasteiger partial charge is 0.456 e. The Kier molecular flexibility index (Phi) is 4.41. The van der Waals surface area contributed by atoms with Gasteiger partial charge in [-0.1, -0.05) is 0 Å². The van der Waals surface area contributed by atoms with E-state index in [0.29, 0.717) is 6.92 Å². The summed E-state index contributed by atoms with van der Waals surface area (Å²) in [5.74, 6) is -1.49. The van der Waals surface area contributed by atoms with E-state index in [4.69, 9.17) is 15.3 Å². The standard InChI is InChI=1S/C6H11NO7/c1-6(11,7(12)13)5(10)14-3-4(9)2-8/h4,8-9,11H,2-3H2,1H3. The number of carbonyl (C=O) groups excluding carboxylic acids is 1. The SMILES string of the molecule is CC(O)(C(=O)OCC(O)CO)[N+](=O)[O-]. The fourth-order valence-corrected chi connectivity index (χ4v) is 0.436. The quantitative estimate of drug-likeness (QED) is 0.204. The Labute approximate surface area is 78.9 Å². The number of nitro groups is 1. The Balaban J connectivity index is 4.15. The fraction of sp³-hybridized carbons (Fsp3) is 0.833. The third-order valence-electron chi connectivity index (χ3n) is 1.36. The van der Waals surface area contributed by atoms with Crippen LogP contribution in [0.3, 0.4) is 0 Å². The molecule has 0 spiro atoms. The van der Waals surface area contributed by atoms with Gasteiger partial charge in [-0.15, -0.1) is 0 Å². The molecule has 0 radical (unpaired) electrons. The minimum Gasteiger partial charge on any atom is -0.456 e. The van der Waals surface area contributed by atoms with E-state index < -0.39 is 35.9 Å². The Bertz CT molecular complexity index is 226. The number of hydrogen-bond acceptors (Lipinski definition) is 7. The molecular weight excluding hydrogens is 198 g/mol. The highest BCUT2D eigenvalue weighted by Crippen LogP contribution is 2.06. The third kappa shape index (κ3) is 3.24. The molecule has 0 aliphatic heterocycles. The Morgan fingerprint density at radius 3 is 2.57 bits per heavy atom. The van der Waals surface area contributed by atoms with Crippen LogP contribution in [0.25, 0.3) is 0 Å². The van der Waals surface area contributed by atoms with Crippen molar-refractivity contribution in [3.05, 3.63) is 10.1 Å². The highest BCUT2D eigenvalue weighted by molar-refractivity contribution is 5.76. The van der Waals surface area contributed by atoms with Crippen molar-refractivity contribution >= 4 is 5.97 Å². The molecule has 8 heteroatoms. The van der Waals surface area contributed by atoms with Crippen molar-refractivity contribution in [2.45, 2.75) is 18.8 Å². The maximum Gasteiger partial charge on any atom is 0.417 e. The van der Waals surface area contributed by atoms with E-state index in [2.05, 4.69) is 4.74 Å². The van der Waals surface area contributed by atoms with Gasteiger partial charge in [0.2, 0.25) is 0 Å². The molecule has 0 aliphatic carbocycles. The molecule has 0 amide bonds. The van der Waals surface area contributed by atoms with Crippen LogP contribution >= 0.6 is 0 Å². The monoisotopic (exact) mass is 209 g/mol. The molecule has 3 N–H and O–H groups in total. The number of aliphatic hydroxyl groups is 3. The molecule has 0 aliphatic rings. The average molecular weight is 209 g/mol. The highest BCUT2D eigenvalue weighted by Gasteiger charge is 2.45. The van der Waals surface area contributed by atoms with Crippen LogP contribution < -0.4 is 0 Å². The molecule has 0 aromatic carbocycles. The first kappa shape index (κ1) is 12.8. The number of carbonyl (C=O) groups is 1. The van der Waals surface area contributed by atoms with Crippen LogP contribution in [0.15, 0.2) is 0 Å². The molecule has 0 saturated carbocycles. The first-order valence-electron chi connectivity index (χ1n) is 3.65. The zero-order chi connectivity index (χ0) is 11.4. The molecule has 82 valence electrons. The molecule has 0 bridgehead atoms. The lowest BCUT2D eigenvalue weighted by atomic mass is 10.3. The van der Waals surface area contributed by atoms with E-state index in [0.717, 1.165) is 0 Å². The first-order valence-corrected chi connectivity index (χ1v) is 3.65. The summed E-state index contributed by atoms with van der Waals surface area (Å²) < 4.78 is 4.18. The van der Waals surface area contributed by atoms with Gasteiger partial charge in [0, 0.05) is 6.92 Å². The molecule has 14 heavy (non-hydrogen) atoms. The van der Waals surface area contributed by atoms with Gasteiger partial charge in [-0.2, -0.15) is 0 Å². The molecule has 2 unspecified atom stereocenters. The van der Waals surface area contributed by atoms with Crippen LogP contribution in [0.4, 0.5) is 0 Å². The minimum absolute atomic E-state index is 0.612. The van der Waals surface area contributed by atoms with Crippen LogP contribution in [0.2, 0.25) is 0 Å². The normalized spacial score (nSPS) is 16.9. The molecule has 2 atom stereocenters. The second-order valence-corrected chi connectivity index (χ2v) is 2.71. The molecule has 0 fully saturated rings. The minimum atomic E-state index is -2.84. The van der Waals surface area contributed by atoms with Crippen LogP contribution in [0.1, 0.15) is 6.92 Å². The van der Waals surface area contributed by atoms with E-state index >= 15 is 0 Å². The van der Waals surface area contributed by atoms with Crippen molar-refractivity contribution in [1.82, 2.24) is 0 Å². The molecular formula is C6H11NO7. The van der Waals surface area contributed by atoms with Crippen molar-refractivity contribution in [3.8, 4) is 0 Å². The van der Waals surface area contributed by atoms with Crippen LogP contribution in [0, 0.1) is 10.1 Å². The summed E-state index contributed by atoms with van der Waals surface area (Å²) in [7, 11) is 0. The maximum atomic E-state index is 10.8. The van der Waals surface area contributed by atoms with E-state index in [9.17, 15) is 14.9 Å². The summed E-state index contributed by atoms with van der Waals surface area (Å²) in [6, 6.07) is 0. The van der Waals surface area contributed by atoms with Crippen molar-refractivity contribution in [3.63, 3.8) is 0 Å². The van der Waals surface area contributed by atoms with Gasteiger partial charge in [-0.25, -0.2) is 4.79 Å². The Morgan fingerprint density at radius 1 is 1.71 bits per heavy atom. The van der Waals surface area contributed by atoms with Crippen molar-refractivity contribution in [2.24, 2.45) is 0 Å². The third-order valence-corrected chi connectivity index (χ3v) is 1.36. The van der Waals surface area contributed by atoms with Gasteiger partial charge in [0.25, 0.3) is 0 Å². The van der Waals surface area contributed by atoms with Crippen molar-refractivity contribution in [1.29, 1.82) is 0 Å². The van der Waals surface area contributed by atoms with E-state index in [-0.39, 0.29) is 0 Å². The number of hydrogen-bond donors (Lipinski definition) is 3. The van der Waals surface area contributed by atoms with E-state index in [1.165, 1.54) is 0 Å². The lowest BCUT2D eigenvalue weighted by Crippen LogP contribution is -2.45. The van der Waals surface area contributed by atoms with Crippen molar-refractivity contribution < 1.29 is 29.8 Å². The molecule has 0 saturated heterocycles. The zero-order valence-corrected chi connectivity index (χ0v) is 7.41. The summed E-state index contributed by atoms with van der Waals surface area (Å²) in [4.78, 5) is 19.7. The second-order valence-electron chi connectivity index (χ2n) is 2.71. The molecule has 0 aromatic rings. The van der Waals surface area contributed by atoms with Crippen LogP contribution in [0.5, 0.6) is 0 Å². The second kappa shape index (κ2) is 4.84. The van der Waals surface area contributed by atoms with E-state index in [1.807, 2.05) is 0 Å². The lowest BCUT2D eigenvalue weighted by molar-refractivity contribution is -0.602. The topological polar surface area (TPSA) is 130 Å². The summed E-state index contributed by atoms with van der Waals surface area (Å²) in [5.41, 5.74) is -2.84. The van der Waals surface area contributed by atoms with Gasteiger partial charge in [0.1, 0.15) is 12.7 Å². The van der Waals surface area contributed by atoms with Gasteiger partial charge in [0.15, 0.2) is 0 Å². The number of esters is 1. The molecule has 0 aromatic heterocycles. The molecule has 0 rings (SSSR count). The van der Waals surface area contributed by atoms with E-state index in [1.54, 1.807) is 0 Å². The van der Waals surface area contributed by atoms with Crippen LogP contribution in [-0.2, 0) is 9.53 Å².